The molecule has 110 valence electrons. The Balaban J connectivity index is 2.40. The molecule has 21 heavy (non-hydrogen) atoms. The van der Waals surface area contributed by atoms with E-state index in [0.717, 1.165) is 0 Å². The zero-order valence-corrected chi connectivity index (χ0v) is 12.7. The van der Waals surface area contributed by atoms with Crippen LogP contribution < -0.4 is 10.6 Å². The number of hydrogen-bond acceptors (Lipinski definition) is 4. The number of phenolic OH excluding ortho intramolecular Hbond substituents is 1. The minimum atomic E-state index is -0.343. The van der Waals surface area contributed by atoms with Crippen molar-refractivity contribution in [2.75, 3.05) is 23.8 Å². The van der Waals surface area contributed by atoms with Gasteiger partial charge in [-0.1, -0.05) is 12.1 Å². The molecule has 4 N–H and O–H groups in total. The van der Waals surface area contributed by atoms with Crippen LogP contribution in [0.15, 0.2) is 46.9 Å². The van der Waals surface area contributed by atoms with E-state index in [0.29, 0.717) is 21.4 Å². The van der Waals surface area contributed by atoms with Crippen molar-refractivity contribution >= 4 is 33.2 Å². The Morgan fingerprint density at radius 1 is 1.24 bits per heavy atom. The van der Waals surface area contributed by atoms with Crippen molar-refractivity contribution in [1.82, 2.24) is 0 Å². The second-order valence-electron chi connectivity index (χ2n) is 4.41. The summed E-state index contributed by atoms with van der Waals surface area (Å²) in [7, 11) is 0. The fourth-order valence-electron chi connectivity index (χ4n) is 1.97. The minimum absolute atomic E-state index is 0.0224. The molecular weight excluding hydrogens is 336 g/mol. The van der Waals surface area contributed by atoms with Crippen LogP contribution in [0.2, 0.25) is 0 Å². The molecule has 2 aromatic rings. The van der Waals surface area contributed by atoms with Gasteiger partial charge in [-0.25, -0.2) is 0 Å². The number of anilines is 2. The Bertz CT molecular complexity index is 661. The van der Waals surface area contributed by atoms with E-state index in [4.69, 9.17) is 5.73 Å². The summed E-state index contributed by atoms with van der Waals surface area (Å²) in [6.45, 7) is -0.0769. The second-order valence-corrected chi connectivity index (χ2v) is 5.26. The molecule has 1 amide bonds. The molecule has 6 heteroatoms. The maximum Gasteiger partial charge on any atom is 0.258 e. The van der Waals surface area contributed by atoms with E-state index < -0.39 is 0 Å². The summed E-state index contributed by atoms with van der Waals surface area (Å²) < 4.78 is 0.506. The van der Waals surface area contributed by atoms with Gasteiger partial charge in [0.15, 0.2) is 0 Å². The summed E-state index contributed by atoms with van der Waals surface area (Å²) in [5.41, 5.74) is 7.17. The number of nitrogens with zero attached hydrogens (tertiary/aromatic N) is 1. The van der Waals surface area contributed by atoms with Crippen LogP contribution in [0.4, 0.5) is 11.4 Å². The number of nitrogens with two attached hydrogens (primary N) is 1. The van der Waals surface area contributed by atoms with Crippen LogP contribution in [-0.2, 0) is 0 Å². The number of rotatable bonds is 4. The molecule has 0 unspecified atom stereocenters. The summed E-state index contributed by atoms with van der Waals surface area (Å²) in [5, 5.41) is 18.9. The lowest BCUT2D eigenvalue weighted by molar-refractivity contribution is 0.0980. The van der Waals surface area contributed by atoms with E-state index in [1.807, 2.05) is 0 Å². The van der Waals surface area contributed by atoms with Crippen molar-refractivity contribution < 1.29 is 15.0 Å². The largest absolute Gasteiger partial charge is 0.507 e. The molecule has 0 bridgehead atoms. The Morgan fingerprint density at radius 3 is 2.57 bits per heavy atom. The van der Waals surface area contributed by atoms with Gasteiger partial charge in [-0.3, -0.25) is 4.79 Å². The topological polar surface area (TPSA) is 86.8 Å². The maximum absolute atomic E-state index is 12.6. The van der Waals surface area contributed by atoms with Crippen molar-refractivity contribution in [1.29, 1.82) is 0 Å². The number of carbonyl (C=O) groups is 1. The summed E-state index contributed by atoms with van der Waals surface area (Å²) in [6.07, 6.45) is 0. The van der Waals surface area contributed by atoms with Gasteiger partial charge < -0.3 is 20.8 Å². The number of aromatic hydroxyl groups is 1. The van der Waals surface area contributed by atoms with Gasteiger partial charge in [0.25, 0.3) is 5.91 Å². The first-order valence-corrected chi connectivity index (χ1v) is 7.09. The number of para-hydroxylation sites is 2. The van der Waals surface area contributed by atoms with Gasteiger partial charge in [0.1, 0.15) is 5.75 Å². The number of carbonyl (C=O) groups excluding carboxylic acids is 1. The van der Waals surface area contributed by atoms with Gasteiger partial charge in [-0.15, -0.1) is 0 Å². The number of phenols is 1. The molecule has 0 radical (unpaired) electrons. The van der Waals surface area contributed by atoms with Crippen LogP contribution in [0.25, 0.3) is 0 Å². The fraction of sp³-hybridized carbons (Fsp3) is 0.133. The summed E-state index contributed by atoms with van der Waals surface area (Å²) in [4.78, 5) is 14.0. The molecule has 0 aromatic heterocycles. The van der Waals surface area contributed by atoms with E-state index in [1.165, 1.54) is 11.0 Å². The van der Waals surface area contributed by atoms with Gasteiger partial charge in [0, 0.05) is 12.1 Å². The Morgan fingerprint density at radius 2 is 1.95 bits per heavy atom. The Labute approximate surface area is 130 Å². The molecule has 5 nitrogen and oxygen atoms in total. The molecule has 0 saturated carbocycles. The van der Waals surface area contributed by atoms with E-state index in [1.54, 1.807) is 36.4 Å². The smallest absolute Gasteiger partial charge is 0.258 e. The van der Waals surface area contributed by atoms with E-state index in [9.17, 15) is 15.0 Å². The predicted octanol–water partition coefficient (Wildman–Crippen LogP) is 2.38. The molecule has 0 aliphatic carbocycles. The Hall–Kier alpha value is -2.05. The van der Waals surface area contributed by atoms with Crippen molar-refractivity contribution in [3.8, 4) is 5.75 Å². The van der Waals surface area contributed by atoms with E-state index in [2.05, 4.69) is 15.9 Å². The van der Waals surface area contributed by atoms with Gasteiger partial charge in [0.05, 0.1) is 22.5 Å². The molecule has 2 rings (SSSR count). The quantitative estimate of drug-likeness (QED) is 0.738. The number of benzene rings is 2. The average Bonchev–Trinajstić information content (AvgIpc) is 2.48. The zero-order chi connectivity index (χ0) is 15.4. The normalized spacial score (nSPS) is 10.4. The van der Waals surface area contributed by atoms with Crippen molar-refractivity contribution in [3.63, 3.8) is 0 Å². The van der Waals surface area contributed by atoms with Gasteiger partial charge in [0.2, 0.25) is 0 Å². The number of aliphatic hydroxyl groups excluding tert-OH is 1. The molecule has 2 aromatic carbocycles. The monoisotopic (exact) mass is 350 g/mol. The highest BCUT2D eigenvalue weighted by molar-refractivity contribution is 9.10. The standard InChI is InChI=1S/C15H15BrN2O3/c16-11-6-5-10(9-14(11)20)15(21)18(7-8-19)13-4-2-1-3-12(13)17/h1-6,9,19-20H,7-8,17H2. The summed E-state index contributed by atoms with van der Waals surface area (Å²) in [5.74, 6) is -0.365. The van der Waals surface area contributed by atoms with Crippen molar-refractivity contribution in [2.45, 2.75) is 0 Å². The molecule has 0 aliphatic rings. The third kappa shape index (κ3) is 3.34. The third-order valence-electron chi connectivity index (χ3n) is 2.99. The lowest BCUT2D eigenvalue weighted by atomic mass is 10.1. The highest BCUT2D eigenvalue weighted by atomic mass is 79.9. The van der Waals surface area contributed by atoms with Crippen molar-refractivity contribution in [3.05, 3.63) is 52.5 Å². The van der Waals surface area contributed by atoms with Crippen LogP contribution >= 0.6 is 15.9 Å². The predicted molar refractivity (Wildman–Crippen MR) is 85.4 cm³/mol. The van der Waals surface area contributed by atoms with Crippen molar-refractivity contribution in [2.24, 2.45) is 0 Å². The molecular formula is C15H15BrN2O3. The first kappa shape index (κ1) is 15.3. The molecule has 0 atom stereocenters. The average molecular weight is 351 g/mol. The number of nitrogen functional groups attached to an aromatic ring is 1. The highest BCUT2D eigenvalue weighted by Gasteiger charge is 2.19. The van der Waals surface area contributed by atoms with Crippen LogP contribution in [0.3, 0.4) is 0 Å². The second kappa shape index (κ2) is 6.60. The van der Waals surface area contributed by atoms with Crippen LogP contribution in [0, 0.1) is 0 Å². The van der Waals surface area contributed by atoms with Gasteiger partial charge >= 0.3 is 0 Å². The first-order chi connectivity index (χ1) is 10.0. The molecule has 0 spiro atoms. The van der Waals surface area contributed by atoms with Gasteiger partial charge in [-0.2, -0.15) is 0 Å². The third-order valence-corrected chi connectivity index (χ3v) is 3.66. The van der Waals surface area contributed by atoms with Gasteiger partial charge in [-0.05, 0) is 46.3 Å². The summed E-state index contributed by atoms with van der Waals surface area (Å²) >= 11 is 3.17. The first-order valence-electron chi connectivity index (χ1n) is 6.30. The minimum Gasteiger partial charge on any atom is -0.507 e. The van der Waals surface area contributed by atoms with Crippen LogP contribution in [-0.4, -0.2) is 29.3 Å². The maximum atomic E-state index is 12.6. The molecule has 0 saturated heterocycles. The van der Waals surface area contributed by atoms with Crippen LogP contribution in [0.5, 0.6) is 5.75 Å². The number of aliphatic hydroxyl groups is 1. The van der Waals surface area contributed by atoms with E-state index >= 15 is 0 Å². The number of hydrogen-bond donors (Lipinski definition) is 3. The number of halogens is 1. The van der Waals surface area contributed by atoms with Crippen LogP contribution in [0.1, 0.15) is 10.4 Å². The highest BCUT2D eigenvalue weighted by Crippen LogP contribution is 2.28. The zero-order valence-electron chi connectivity index (χ0n) is 11.2. The van der Waals surface area contributed by atoms with E-state index in [-0.39, 0.29) is 24.8 Å². The molecule has 0 aliphatic heterocycles. The molecule has 0 heterocycles. The molecule has 0 fully saturated rings. The lowest BCUT2D eigenvalue weighted by Crippen LogP contribution is -2.34. The Kier molecular flexibility index (Phi) is 4.82. The summed E-state index contributed by atoms with van der Waals surface area (Å²) in [6, 6.07) is 11.5. The lowest BCUT2D eigenvalue weighted by Gasteiger charge is -2.23. The SMILES string of the molecule is Nc1ccccc1N(CCO)C(=O)c1ccc(Br)c(O)c1. The fourth-order valence-corrected chi connectivity index (χ4v) is 2.21. The number of amides is 1.